The molecule has 0 fully saturated rings. The second-order valence-electron chi connectivity index (χ2n) is 4.76. The summed E-state index contributed by atoms with van der Waals surface area (Å²) in [5.41, 5.74) is 2.34. The number of aliphatic carboxylic acids is 1. The van der Waals surface area contributed by atoms with E-state index in [0.29, 0.717) is 17.8 Å². The Kier molecular flexibility index (Phi) is 4.72. The molecule has 0 heterocycles. The molecular weight excluding hydrogens is 269 g/mol. The fraction of sp³-hybridized carbons (Fsp3) is 0.118. The second-order valence-corrected chi connectivity index (χ2v) is 4.76. The summed E-state index contributed by atoms with van der Waals surface area (Å²) in [7, 11) is 1.87. The molecule has 0 atom stereocenters. The Bertz CT molecular complexity index is 653. The van der Waals surface area contributed by atoms with E-state index < -0.39 is 11.8 Å². The third-order valence-electron chi connectivity index (χ3n) is 3.03. The van der Waals surface area contributed by atoms with Gasteiger partial charge in [-0.05, 0) is 35.4 Å². The molecule has 108 valence electrons. The van der Waals surface area contributed by atoms with Gasteiger partial charge in [0.1, 0.15) is 5.82 Å². The number of rotatable bonds is 5. The fourth-order valence-electron chi connectivity index (χ4n) is 2.03. The molecule has 0 aliphatic rings. The van der Waals surface area contributed by atoms with Gasteiger partial charge in [0.15, 0.2) is 0 Å². The number of carbonyl (C=O) groups is 1. The number of anilines is 1. The summed E-state index contributed by atoms with van der Waals surface area (Å²) in [6, 6.07) is 14.3. The molecule has 1 N–H and O–H groups in total. The highest BCUT2D eigenvalue weighted by atomic mass is 19.1. The van der Waals surface area contributed by atoms with Crippen LogP contribution in [0.15, 0.2) is 54.6 Å². The van der Waals surface area contributed by atoms with Crippen molar-refractivity contribution < 1.29 is 14.3 Å². The van der Waals surface area contributed by atoms with Crippen molar-refractivity contribution in [3.63, 3.8) is 0 Å². The largest absolute Gasteiger partial charge is 0.478 e. The van der Waals surface area contributed by atoms with Crippen LogP contribution >= 0.6 is 0 Å². The molecule has 3 nitrogen and oxygen atoms in total. The summed E-state index contributed by atoms with van der Waals surface area (Å²) in [5, 5.41) is 8.63. The molecule has 0 spiro atoms. The number of nitrogens with zero attached hydrogens (tertiary/aromatic N) is 1. The van der Waals surface area contributed by atoms with E-state index >= 15 is 0 Å². The van der Waals surface area contributed by atoms with Gasteiger partial charge in [0.25, 0.3) is 0 Å². The summed E-state index contributed by atoms with van der Waals surface area (Å²) < 4.78 is 13.6. The first-order valence-electron chi connectivity index (χ1n) is 6.51. The van der Waals surface area contributed by atoms with Crippen molar-refractivity contribution in [1.29, 1.82) is 0 Å². The highest BCUT2D eigenvalue weighted by Gasteiger charge is 2.05. The lowest BCUT2D eigenvalue weighted by Gasteiger charge is -2.20. The van der Waals surface area contributed by atoms with Crippen molar-refractivity contribution in [3.8, 4) is 0 Å². The van der Waals surface area contributed by atoms with Crippen molar-refractivity contribution in [1.82, 2.24) is 0 Å². The van der Waals surface area contributed by atoms with Crippen molar-refractivity contribution in [3.05, 3.63) is 71.6 Å². The molecule has 0 amide bonds. The minimum absolute atomic E-state index is 0.391. The fourth-order valence-corrected chi connectivity index (χ4v) is 2.03. The average Bonchev–Trinajstić information content (AvgIpc) is 2.45. The third-order valence-corrected chi connectivity index (χ3v) is 3.03. The zero-order valence-corrected chi connectivity index (χ0v) is 11.7. The Labute approximate surface area is 123 Å². The summed E-state index contributed by atoms with van der Waals surface area (Å²) in [5.74, 6) is -1.45. The van der Waals surface area contributed by atoms with Gasteiger partial charge >= 0.3 is 5.97 Å². The van der Waals surface area contributed by atoms with Crippen LogP contribution in [0.3, 0.4) is 0 Å². The molecule has 0 saturated carbocycles. The zero-order chi connectivity index (χ0) is 15.2. The van der Waals surface area contributed by atoms with E-state index in [1.54, 1.807) is 6.07 Å². The van der Waals surface area contributed by atoms with Crippen LogP contribution in [-0.2, 0) is 11.3 Å². The van der Waals surface area contributed by atoms with Crippen LogP contribution in [0.4, 0.5) is 10.1 Å². The lowest BCUT2D eigenvalue weighted by Crippen LogP contribution is -2.16. The molecule has 0 aliphatic carbocycles. The minimum atomic E-state index is -1.06. The molecule has 0 bridgehead atoms. The predicted octanol–water partition coefficient (Wildman–Crippen LogP) is 3.56. The third kappa shape index (κ3) is 4.45. The summed E-state index contributed by atoms with van der Waals surface area (Å²) in [6.45, 7) is 0.645. The van der Waals surface area contributed by atoms with Crippen LogP contribution in [0.1, 0.15) is 11.1 Å². The van der Waals surface area contributed by atoms with Gasteiger partial charge in [-0.15, -0.1) is 0 Å². The SMILES string of the molecule is CN(Cc1ccccc1)c1cc(F)cc(/C=C/C(=O)O)c1. The summed E-state index contributed by atoms with van der Waals surface area (Å²) in [6.07, 6.45) is 2.38. The maximum atomic E-state index is 13.6. The number of hydrogen-bond donors (Lipinski definition) is 1. The maximum Gasteiger partial charge on any atom is 0.328 e. The van der Waals surface area contributed by atoms with E-state index in [9.17, 15) is 9.18 Å². The summed E-state index contributed by atoms with van der Waals surface area (Å²) in [4.78, 5) is 12.4. The summed E-state index contributed by atoms with van der Waals surface area (Å²) >= 11 is 0. The zero-order valence-electron chi connectivity index (χ0n) is 11.7. The average molecular weight is 285 g/mol. The van der Waals surface area contributed by atoms with E-state index in [1.165, 1.54) is 18.2 Å². The number of carboxylic acids is 1. The van der Waals surface area contributed by atoms with Crippen molar-refractivity contribution in [2.24, 2.45) is 0 Å². The first-order valence-corrected chi connectivity index (χ1v) is 6.51. The molecule has 0 saturated heterocycles. The molecule has 21 heavy (non-hydrogen) atoms. The highest BCUT2D eigenvalue weighted by molar-refractivity contribution is 5.85. The molecule has 4 heteroatoms. The Balaban J connectivity index is 2.20. The number of hydrogen-bond acceptors (Lipinski definition) is 2. The normalized spacial score (nSPS) is 10.8. The molecule has 2 rings (SSSR count). The van der Waals surface area contributed by atoms with Crippen LogP contribution in [0.5, 0.6) is 0 Å². The molecule has 0 unspecified atom stereocenters. The smallest absolute Gasteiger partial charge is 0.328 e. The van der Waals surface area contributed by atoms with Gasteiger partial charge < -0.3 is 10.0 Å². The van der Waals surface area contributed by atoms with Gasteiger partial charge in [0, 0.05) is 25.4 Å². The standard InChI is InChI=1S/C17H16FNO2/c1-19(12-13-5-3-2-4-6-13)16-10-14(7-8-17(20)21)9-15(18)11-16/h2-11H,12H2,1H3,(H,20,21)/b8-7+. The Morgan fingerprint density at radius 3 is 2.62 bits per heavy atom. The van der Waals surface area contributed by atoms with Crippen LogP contribution < -0.4 is 4.90 Å². The van der Waals surface area contributed by atoms with Gasteiger partial charge in [-0.1, -0.05) is 30.3 Å². The van der Waals surface area contributed by atoms with Crippen LogP contribution in [0.25, 0.3) is 6.08 Å². The molecule has 0 aliphatic heterocycles. The quantitative estimate of drug-likeness (QED) is 0.854. The van der Waals surface area contributed by atoms with Gasteiger partial charge in [-0.3, -0.25) is 0 Å². The lowest BCUT2D eigenvalue weighted by molar-refractivity contribution is -0.131. The Hall–Kier alpha value is -2.62. The van der Waals surface area contributed by atoms with E-state index in [-0.39, 0.29) is 0 Å². The van der Waals surface area contributed by atoms with Gasteiger partial charge in [-0.25, -0.2) is 9.18 Å². The van der Waals surface area contributed by atoms with E-state index in [2.05, 4.69) is 0 Å². The van der Waals surface area contributed by atoms with Crippen molar-refractivity contribution >= 4 is 17.7 Å². The van der Waals surface area contributed by atoms with E-state index in [0.717, 1.165) is 11.6 Å². The first kappa shape index (κ1) is 14.8. The topological polar surface area (TPSA) is 40.5 Å². The molecular formula is C17H16FNO2. The number of halogens is 1. The van der Waals surface area contributed by atoms with Crippen LogP contribution in [-0.4, -0.2) is 18.1 Å². The van der Waals surface area contributed by atoms with Gasteiger partial charge in [-0.2, -0.15) is 0 Å². The molecule has 0 aromatic heterocycles. The molecule has 2 aromatic carbocycles. The molecule has 2 aromatic rings. The van der Waals surface area contributed by atoms with E-state index in [1.807, 2.05) is 42.3 Å². The van der Waals surface area contributed by atoms with Crippen molar-refractivity contribution in [2.45, 2.75) is 6.54 Å². The minimum Gasteiger partial charge on any atom is -0.478 e. The predicted molar refractivity (Wildman–Crippen MR) is 81.6 cm³/mol. The van der Waals surface area contributed by atoms with E-state index in [4.69, 9.17) is 5.11 Å². The lowest BCUT2D eigenvalue weighted by atomic mass is 10.1. The Morgan fingerprint density at radius 2 is 1.95 bits per heavy atom. The van der Waals surface area contributed by atoms with Crippen molar-refractivity contribution in [2.75, 3.05) is 11.9 Å². The van der Waals surface area contributed by atoms with Gasteiger partial charge in [0.05, 0.1) is 0 Å². The number of benzene rings is 2. The van der Waals surface area contributed by atoms with Crippen LogP contribution in [0, 0.1) is 5.82 Å². The Morgan fingerprint density at radius 1 is 1.24 bits per heavy atom. The highest BCUT2D eigenvalue weighted by Crippen LogP contribution is 2.20. The monoisotopic (exact) mass is 285 g/mol. The molecule has 0 radical (unpaired) electrons. The van der Waals surface area contributed by atoms with Gasteiger partial charge in [0.2, 0.25) is 0 Å². The second kappa shape index (κ2) is 6.70. The maximum absolute atomic E-state index is 13.6. The van der Waals surface area contributed by atoms with Crippen LogP contribution in [0.2, 0.25) is 0 Å². The number of carboxylic acid groups (broad SMARTS) is 1. The first-order chi connectivity index (χ1) is 10.0.